The Kier molecular flexibility index (Phi) is 4.35. The zero-order valence-corrected chi connectivity index (χ0v) is 20.1. The summed E-state index contributed by atoms with van der Waals surface area (Å²) in [5.74, 6) is 0. The molecule has 5 aromatic rings. The molecule has 0 fully saturated rings. The normalized spacial score (nSPS) is 20.1. The van der Waals surface area contributed by atoms with Crippen molar-refractivity contribution in [1.82, 2.24) is 10.6 Å². The molecule has 3 heterocycles. The van der Waals surface area contributed by atoms with Crippen LogP contribution in [-0.4, -0.2) is 6.04 Å². The Morgan fingerprint density at radius 3 is 2.57 bits per heavy atom. The van der Waals surface area contributed by atoms with Gasteiger partial charge in [-0.1, -0.05) is 91.0 Å². The Morgan fingerprint density at radius 2 is 1.62 bits per heavy atom. The molecule has 0 bridgehead atoms. The fraction of sp³-hybridized carbons (Fsp3) is 0.0588. The number of benzene rings is 4. The molecule has 1 aromatic heterocycles. The van der Waals surface area contributed by atoms with Crippen molar-refractivity contribution in [2.75, 3.05) is 0 Å². The average molecular weight is 477 g/mol. The zero-order chi connectivity index (χ0) is 24.3. The first-order valence-electron chi connectivity index (χ1n) is 12.8. The molecule has 2 aliphatic heterocycles. The van der Waals surface area contributed by atoms with Gasteiger partial charge in [-0.25, -0.2) is 0 Å². The number of allylic oxidation sites excluding steroid dienone is 5. The van der Waals surface area contributed by atoms with Gasteiger partial charge in [-0.05, 0) is 63.7 Å². The van der Waals surface area contributed by atoms with E-state index in [-0.39, 0.29) is 12.1 Å². The fourth-order valence-corrected chi connectivity index (χ4v) is 5.84. The second-order valence-corrected chi connectivity index (χ2v) is 9.91. The molecule has 0 amide bonds. The molecule has 176 valence electrons. The van der Waals surface area contributed by atoms with Gasteiger partial charge in [0.15, 0.2) is 0 Å². The maximum absolute atomic E-state index is 6.30. The molecule has 4 aromatic carbocycles. The maximum atomic E-state index is 6.30. The molecule has 0 saturated heterocycles. The van der Waals surface area contributed by atoms with Crippen molar-refractivity contribution in [2.24, 2.45) is 0 Å². The van der Waals surface area contributed by atoms with Crippen molar-refractivity contribution in [3.05, 3.63) is 144 Å². The number of hydrogen-bond donors (Lipinski definition) is 2. The van der Waals surface area contributed by atoms with Gasteiger partial charge in [0, 0.05) is 21.9 Å². The summed E-state index contributed by atoms with van der Waals surface area (Å²) in [5.41, 5.74) is 9.29. The van der Waals surface area contributed by atoms with Gasteiger partial charge in [0.05, 0.1) is 12.1 Å². The molecule has 0 spiro atoms. The molecule has 0 radical (unpaired) electrons. The van der Waals surface area contributed by atoms with E-state index in [1.54, 1.807) is 0 Å². The Hall–Kier alpha value is -4.76. The van der Waals surface area contributed by atoms with Crippen molar-refractivity contribution in [2.45, 2.75) is 12.1 Å². The minimum atomic E-state index is 0.141. The van der Waals surface area contributed by atoms with E-state index < -0.39 is 0 Å². The molecule has 3 aliphatic rings. The Labute approximate surface area is 214 Å². The third kappa shape index (κ3) is 3.21. The number of rotatable bonds is 2. The van der Waals surface area contributed by atoms with Crippen LogP contribution in [0.1, 0.15) is 11.6 Å². The summed E-state index contributed by atoms with van der Waals surface area (Å²) in [5, 5.41) is 11.9. The highest BCUT2D eigenvalue weighted by atomic mass is 16.3. The van der Waals surface area contributed by atoms with Crippen molar-refractivity contribution in [3.63, 3.8) is 0 Å². The van der Waals surface area contributed by atoms with Gasteiger partial charge < -0.3 is 15.1 Å². The molecule has 8 rings (SSSR count). The lowest BCUT2D eigenvalue weighted by Crippen LogP contribution is -2.40. The lowest BCUT2D eigenvalue weighted by Gasteiger charge is -2.34. The van der Waals surface area contributed by atoms with Crippen LogP contribution in [0.5, 0.6) is 0 Å². The Bertz CT molecular complexity index is 1880. The summed E-state index contributed by atoms with van der Waals surface area (Å²) in [6, 6.07) is 28.5. The summed E-state index contributed by atoms with van der Waals surface area (Å²) >= 11 is 0. The summed E-state index contributed by atoms with van der Waals surface area (Å²) in [6.45, 7) is 0. The van der Waals surface area contributed by atoms with Crippen LogP contribution >= 0.6 is 0 Å². The molecule has 37 heavy (non-hydrogen) atoms. The lowest BCUT2D eigenvalue weighted by molar-refractivity contribution is 0.608. The van der Waals surface area contributed by atoms with E-state index in [1.807, 2.05) is 6.20 Å². The molecule has 2 atom stereocenters. The van der Waals surface area contributed by atoms with Crippen molar-refractivity contribution < 1.29 is 4.42 Å². The smallest absolute Gasteiger partial charge is 0.143 e. The highest BCUT2D eigenvalue weighted by Crippen LogP contribution is 2.37. The average Bonchev–Trinajstić information content (AvgIpc) is 3.35. The highest BCUT2D eigenvalue weighted by molar-refractivity contribution is 6.15. The second kappa shape index (κ2) is 7.87. The van der Waals surface area contributed by atoms with Gasteiger partial charge in [0.2, 0.25) is 0 Å². The molecule has 3 heteroatoms. The standard InChI is InChI=1S/C34H24N2O/c1-2-6-27-22(4-1)13-16-28-29-20-26(15-18-31(29)37-34(27)28)21-7-9-23(10-8-21)30-17-14-25-12-11-24-5-3-19-35-32(24)33(25)36-30/h1-20,30,32,35-36H. The quantitative estimate of drug-likeness (QED) is 0.272. The predicted molar refractivity (Wildman–Crippen MR) is 152 cm³/mol. The van der Waals surface area contributed by atoms with Crippen molar-refractivity contribution in [1.29, 1.82) is 0 Å². The Balaban J connectivity index is 1.11. The van der Waals surface area contributed by atoms with Crippen LogP contribution in [0.3, 0.4) is 0 Å². The van der Waals surface area contributed by atoms with Crippen LogP contribution in [0, 0.1) is 0 Å². The van der Waals surface area contributed by atoms with Gasteiger partial charge in [-0.15, -0.1) is 0 Å². The predicted octanol–water partition coefficient (Wildman–Crippen LogP) is 7.84. The topological polar surface area (TPSA) is 37.2 Å². The van der Waals surface area contributed by atoms with Crippen LogP contribution in [-0.2, 0) is 0 Å². The first kappa shape index (κ1) is 20.4. The van der Waals surface area contributed by atoms with E-state index >= 15 is 0 Å². The van der Waals surface area contributed by atoms with Crippen LogP contribution in [0.15, 0.2) is 143 Å². The minimum Gasteiger partial charge on any atom is -0.455 e. The van der Waals surface area contributed by atoms with E-state index in [1.165, 1.54) is 38.9 Å². The van der Waals surface area contributed by atoms with Crippen LogP contribution in [0.25, 0.3) is 43.8 Å². The van der Waals surface area contributed by atoms with Crippen molar-refractivity contribution >= 4 is 32.7 Å². The third-order valence-electron chi connectivity index (χ3n) is 7.78. The number of hydrogen-bond acceptors (Lipinski definition) is 3. The van der Waals surface area contributed by atoms with E-state index in [0.717, 1.165) is 27.3 Å². The van der Waals surface area contributed by atoms with Gasteiger partial charge in [0.1, 0.15) is 11.2 Å². The maximum Gasteiger partial charge on any atom is 0.143 e. The lowest BCUT2D eigenvalue weighted by atomic mass is 9.88. The van der Waals surface area contributed by atoms with E-state index in [0.29, 0.717) is 0 Å². The molecular weight excluding hydrogens is 452 g/mol. The van der Waals surface area contributed by atoms with Crippen LogP contribution < -0.4 is 10.6 Å². The van der Waals surface area contributed by atoms with Crippen LogP contribution in [0.4, 0.5) is 0 Å². The van der Waals surface area contributed by atoms with Gasteiger partial charge in [0.25, 0.3) is 0 Å². The van der Waals surface area contributed by atoms with E-state index in [2.05, 4.69) is 126 Å². The third-order valence-corrected chi connectivity index (χ3v) is 7.78. The monoisotopic (exact) mass is 476 g/mol. The summed E-state index contributed by atoms with van der Waals surface area (Å²) in [7, 11) is 0. The number of dihydropyridines is 2. The number of furan rings is 1. The zero-order valence-electron chi connectivity index (χ0n) is 20.1. The Morgan fingerprint density at radius 1 is 0.730 bits per heavy atom. The van der Waals surface area contributed by atoms with E-state index in [9.17, 15) is 0 Å². The summed E-state index contributed by atoms with van der Waals surface area (Å²) < 4.78 is 6.30. The molecule has 1 aliphatic carbocycles. The number of nitrogens with one attached hydrogen (secondary N) is 2. The van der Waals surface area contributed by atoms with Gasteiger partial charge >= 0.3 is 0 Å². The first-order chi connectivity index (χ1) is 18.3. The SMILES string of the molecule is C1=CNC2C(=C1)C=CC1=C2NC(c2ccc(-c3ccc4oc5c6ccccc6ccc5c4c3)cc2)C=C1. The fourth-order valence-electron chi connectivity index (χ4n) is 5.84. The largest absolute Gasteiger partial charge is 0.455 e. The second-order valence-electron chi connectivity index (χ2n) is 9.91. The molecular formula is C34H24N2O. The highest BCUT2D eigenvalue weighted by Gasteiger charge is 2.27. The molecule has 0 saturated carbocycles. The molecule has 2 N–H and O–H groups in total. The van der Waals surface area contributed by atoms with Gasteiger partial charge in [-0.3, -0.25) is 0 Å². The van der Waals surface area contributed by atoms with Gasteiger partial charge in [-0.2, -0.15) is 0 Å². The van der Waals surface area contributed by atoms with Crippen molar-refractivity contribution in [3.8, 4) is 11.1 Å². The summed E-state index contributed by atoms with van der Waals surface area (Å²) in [4.78, 5) is 0. The molecule has 2 unspecified atom stereocenters. The summed E-state index contributed by atoms with van der Waals surface area (Å²) in [6.07, 6.45) is 15.1. The number of fused-ring (bicyclic) bond motifs is 7. The minimum absolute atomic E-state index is 0.141. The van der Waals surface area contributed by atoms with Crippen LogP contribution in [0.2, 0.25) is 0 Å². The molecule has 3 nitrogen and oxygen atoms in total. The first-order valence-corrected chi connectivity index (χ1v) is 12.8. The van der Waals surface area contributed by atoms with E-state index in [4.69, 9.17) is 4.42 Å².